The first-order valence-electron chi connectivity index (χ1n) is 3.38. The minimum atomic E-state index is -1.34. The van der Waals surface area contributed by atoms with E-state index in [-0.39, 0.29) is 19.5 Å². The Balaban J connectivity index is 0. The summed E-state index contributed by atoms with van der Waals surface area (Å²) in [6.07, 6.45) is 2.76. The predicted molar refractivity (Wildman–Crippen MR) is 39.0 cm³/mol. The summed E-state index contributed by atoms with van der Waals surface area (Å²) in [5, 5.41) is 0. The van der Waals surface area contributed by atoms with E-state index in [1.807, 2.05) is 6.92 Å². The number of rotatable bonds is 5. The van der Waals surface area contributed by atoms with Crippen molar-refractivity contribution < 1.29 is 28.6 Å². The van der Waals surface area contributed by atoms with Crippen molar-refractivity contribution in [1.29, 1.82) is 0 Å². The molecule has 10 heavy (non-hydrogen) atoms. The Morgan fingerprint density at radius 2 is 2.00 bits per heavy atom. The molecule has 0 radical (unpaired) electrons. The third kappa shape index (κ3) is 8.68. The summed E-state index contributed by atoms with van der Waals surface area (Å²) in [6, 6.07) is 0. The molecule has 0 aromatic carbocycles. The van der Waals surface area contributed by atoms with Crippen LogP contribution >= 0.6 is 8.03 Å². The molecular formula is C6H14O2PZn+. The van der Waals surface area contributed by atoms with Gasteiger partial charge in [-0.2, -0.15) is 0 Å². The average molecular weight is 215 g/mol. The molecule has 0 aliphatic rings. The van der Waals surface area contributed by atoms with Crippen molar-refractivity contribution in [2.45, 2.75) is 26.7 Å². The molecule has 0 heterocycles. The third-order valence-corrected chi connectivity index (χ3v) is 1.98. The van der Waals surface area contributed by atoms with Crippen molar-refractivity contribution in [1.82, 2.24) is 0 Å². The average Bonchev–Trinajstić information content (AvgIpc) is 1.89. The molecule has 0 aromatic rings. The Hall–Kier alpha value is 0.683. The van der Waals surface area contributed by atoms with Gasteiger partial charge in [0.2, 0.25) is 0 Å². The van der Waals surface area contributed by atoms with Crippen LogP contribution in [-0.2, 0) is 28.6 Å². The first-order chi connectivity index (χ1) is 4.31. The smallest absolute Gasteiger partial charge is 0.146 e. The van der Waals surface area contributed by atoms with Crippen LogP contribution in [0, 0.1) is 0 Å². The van der Waals surface area contributed by atoms with Gasteiger partial charge < -0.3 is 0 Å². The van der Waals surface area contributed by atoms with Crippen molar-refractivity contribution in [3.8, 4) is 0 Å². The van der Waals surface area contributed by atoms with Gasteiger partial charge in [-0.1, -0.05) is 13.3 Å². The summed E-state index contributed by atoms with van der Waals surface area (Å²) >= 11 is 0. The van der Waals surface area contributed by atoms with E-state index in [1.165, 1.54) is 0 Å². The van der Waals surface area contributed by atoms with E-state index in [0.29, 0.717) is 12.8 Å². The van der Waals surface area contributed by atoms with Crippen LogP contribution in [0.4, 0.5) is 0 Å². The summed E-state index contributed by atoms with van der Waals surface area (Å²) < 4.78 is 15.6. The maximum absolute atomic E-state index is 10.6. The zero-order chi connectivity index (χ0) is 7.11. The molecule has 0 aliphatic heterocycles. The molecule has 0 N–H and O–H groups in total. The molecule has 0 fully saturated rings. The maximum atomic E-state index is 10.6. The van der Waals surface area contributed by atoms with Gasteiger partial charge in [0.25, 0.3) is 0 Å². The molecular weight excluding hydrogens is 200 g/mol. The molecule has 4 heteroatoms. The Labute approximate surface area is 76.4 Å². The molecule has 56 valence electrons. The van der Waals surface area contributed by atoms with Gasteiger partial charge in [-0.25, -0.2) is 0 Å². The monoisotopic (exact) mass is 213 g/mol. The van der Waals surface area contributed by atoms with E-state index in [1.54, 1.807) is 0 Å². The van der Waals surface area contributed by atoms with Gasteiger partial charge in [-0.3, -0.25) is 0 Å². The Morgan fingerprint density at radius 1 is 1.40 bits per heavy atom. The molecule has 0 amide bonds. The van der Waals surface area contributed by atoms with Gasteiger partial charge in [0.1, 0.15) is 6.61 Å². The standard InChI is InChI=1S/C6H14O2P.Zn/c1-3-5-6-8-9(7)4-2;/h3-6H2,1-2H3;/q+1;. The molecule has 0 saturated carbocycles. The fourth-order valence-electron chi connectivity index (χ4n) is 0.402. The van der Waals surface area contributed by atoms with Crippen molar-refractivity contribution in [2.24, 2.45) is 0 Å². The Bertz CT molecular complexity index is 87.8. The van der Waals surface area contributed by atoms with E-state index in [9.17, 15) is 4.57 Å². The van der Waals surface area contributed by atoms with Crippen LogP contribution in [0.1, 0.15) is 26.7 Å². The molecule has 0 saturated heterocycles. The maximum Gasteiger partial charge on any atom is 0.507 e. The van der Waals surface area contributed by atoms with Crippen LogP contribution in [0.25, 0.3) is 0 Å². The second-order valence-corrected chi connectivity index (χ2v) is 3.39. The molecule has 0 bridgehead atoms. The number of unbranched alkanes of at least 4 members (excludes halogenated alkanes) is 1. The first-order valence-corrected chi connectivity index (χ1v) is 4.75. The zero-order valence-corrected chi connectivity index (χ0v) is 10.7. The molecule has 1 atom stereocenters. The Kier molecular flexibility index (Phi) is 12.9. The number of hydrogen-bond acceptors (Lipinski definition) is 2. The van der Waals surface area contributed by atoms with Gasteiger partial charge in [0.15, 0.2) is 6.16 Å². The van der Waals surface area contributed by atoms with Crippen LogP contribution in [0.15, 0.2) is 0 Å². The summed E-state index contributed by atoms with van der Waals surface area (Å²) in [5.41, 5.74) is 0. The fourth-order valence-corrected chi connectivity index (χ4v) is 0.917. The fraction of sp³-hybridized carbons (Fsp3) is 1.00. The van der Waals surface area contributed by atoms with Crippen molar-refractivity contribution in [3.63, 3.8) is 0 Å². The van der Waals surface area contributed by atoms with Gasteiger partial charge in [0.05, 0.1) is 0 Å². The minimum absolute atomic E-state index is 0. The molecule has 0 spiro atoms. The third-order valence-electron chi connectivity index (χ3n) is 0.991. The predicted octanol–water partition coefficient (Wildman–Crippen LogP) is 2.56. The summed E-state index contributed by atoms with van der Waals surface area (Å²) in [4.78, 5) is 0. The van der Waals surface area contributed by atoms with E-state index in [2.05, 4.69) is 6.92 Å². The van der Waals surface area contributed by atoms with E-state index in [0.717, 1.165) is 12.8 Å². The second-order valence-electron chi connectivity index (χ2n) is 1.84. The molecule has 0 aliphatic carbocycles. The first kappa shape index (κ1) is 13.3. The van der Waals surface area contributed by atoms with E-state index in [4.69, 9.17) is 4.52 Å². The topological polar surface area (TPSA) is 26.3 Å². The van der Waals surface area contributed by atoms with Crippen LogP contribution in [0.2, 0.25) is 0 Å². The Morgan fingerprint density at radius 3 is 2.40 bits per heavy atom. The van der Waals surface area contributed by atoms with Gasteiger partial charge in [-0.05, 0) is 17.9 Å². The van der Waals surface area contributed by atoms with Gasteiger partial charge >= 0.3 is 8.03 Å². The largest absolute Gasteiger partial charge is 0.507 e. The van der Waals surface area contributed by atoms with Crippen LogP contribution in [0.3, 0.4) is 0 Å². The van der Waals surface area contributed by atoms with Gasteiger partial charge in [0, 0.05) is 19.5 Å². The summed E-state index contributed by atoms with van der Waals surface area (Å²) in [5.74, 6) is 0. The second kappa shape index (κ2) is 9.68. The quantitative estimate of drug-likeness (QED) is 0.399. The SMILES string of the molecule is CCCCO[P+](=O)CC.[Zn]. The number of hydrogen-bond donors (Lipinski definition) is 0. The normalized spacial score (nSPS) is 10.4. The van der Waals surface area contributed by atoms with Crippen molar-refractivity contribution in [2.75, 3.05) is 12.8 Å². The minimum Gasteiger partial charge on any atom is -0.146 e. The van der Waals surface area contributed by atoms with Crippen molar-refractivity contribution in [3.05, 3.63) is 0 Å². The molecule has 1 unspecified atom stereocenters. The van der Waals surface area contributed by atoms with Crippen LogP contribution in [-0.4, -0.2) is 12.8 Å². The van der Waals surface area contributed by atoms with Crippen molar-refractivity contribution >= 4 is 8.03 Å². The molecule has 0 aromatic heterocycles. The zero-order valence-electron chi connectivity index (χ0n) is 6.80. The molecule has 0 rings (SSSR count). The van der Waals surface area contributed by atoms with Gasteiger partial charge in [-0.15, -0.1) is 4.52 Å². The van der Waals surface area contributed by atoms with E-state index < -0.39 is 8.03 Å². The summed E-state index contributed by atoms with van der Waals surface area (Å²) in [6.45, 7) is 4.60. The van der Waals surface area contributed by atoms with E-state index >= 15 is 0 Å². The van der Waals surface area contributed by atoms with Crippen LogP contribution in [0.5, 0.6) is 0 Å². The molecule has 2 nitrogen and oxygen atoms in total. The summed E-state index contributed by atoms with van der Waals surface area (Å²) in [7, 11) is -1.34. The van der Waals surface area contributed by atoms with Crippen LogP contribution < -0.4 is 0 Å².